The number of rotatable bonds is 7. The molecule has 0 fully saturated rings. The minimum Gasteiger partial charge on any atom is -0.494 e. The Hall–Kier alpha value is -1.23. The average Bonchev–Trinajstić information content (AvgIpc) is 2.43. The van der Waals surface area contributed by atoms with E-state index in [2.05, 4.69) is 0 Å². The highest BCUT2D eigenvalue weighted by atomic mass is 32.2. The molecule has 3 nitrogen and oxygen atoms in total. The predicted molar refractivity (Wildman–Crippen MR) is 77.1 cm³/mol. The van der Waals surface area contributed by atoms with Crippen LogP contribution in [0.1, 0.15) is 13.3 Å². The van der Waals surface area contributed by atoms with E-state index in [1.807, 2.05) is 13.2 Å². The van der Waals surface area contributed by atoms with Crippen LogP contribution in [-0.4, -0.2) is 42.5 Å². The summed E-state index contributed by atoms with van der Waals surface area (Å²) in [6.45, 7) is 3.07. The van der Waals surface area contributed by atoms with Crippen molar-refractivity contribution >= 4 is 17.7 Å². The second-order valence-electron chi connectivity index (χ2n) is 4.29. The number of thioether (sulfide) groups is 1. The number of carbonyl (C=O) groups is 1. The molecule has 5 heteroatoms. The highest BCUT2D eigenvalue weighted by Gasteiger charge is 2.15. The quantitative estimate of drug-likeness (QED) is 0.722. The van der Waals surface area contributed by atoms with Crippen molar-refractivity contribution in [1.29, 1.82) is 0 Å². The minimum atomic E-state index is -0.274. The number of benzene rings is 1. The first-order valence-corrected chi connectivity index (χ1v) is 7.49. The van der Waals surface area contributed by atoms with Gasteiger partial charge in [-0.1, -0.05) is 0 Å². The van der Waals surface area contributed by atoms with Crippen LogP contribution < -0.4 is 4.74 Å². The number of halogens is 1. The Bertz CT molecular complexity index is 397. The first kappa shape index (κ1) is 15.8. The molecular weight excluding hydrogens is 265 g/mol. The molecule has 0 unspecified atom stereocenters. The molecule has 1 amide bonds. The number of nitrogens with zero attached hydrogens (tertiary/aromatic N) is 1. The van der Waals surface area contributed by atoms with Crippen molar-refractivity contribution in [3.8, 4) is 5.75 Å². The van der Waals surface area contributed by atoms with Gasteiger partial charge in [0.2, 0.25) is 5.91 Å². The summed E-state index contributed by atoms with van der Waals surface area (Å²) in [7, 11) is 1.80. The van der Waals surface area contributed by atoms with Crippen molar-refractivity contribution < 1.29 is 13.9 Å². The van der Waals surface area contributed by atoms with Crippen LogP contribution in [0.5, 0.6) is 5.75 Å². The third-order valence-electron chi connectivity index (χ3n) is 2.80. The first-order valence-electron chi connectivity index (χ1n) is 6.20. The van der Waals surface area contributed by atoms with Gasteiger partial charge in [0.15, 0.2) is 0 Å². The molecule has 0 aliphatic rings. The summed E-state index contributed by atoms with van der Waals surface area (Å²) >= 11 is 1.54. The van der Waals surface area contributed by atoms with Crippen LogP contribution in [0.4, 0.5) is 4.39 Å². The van der Waals surface area contributed by atoms with Crippen LogP contribution >= 0.6 is 11.8 Å². The molecule has 1 aromatic rings. The van der Waals surface area contributed by atoms with Crippen LogP contribution in [0.25, 0.3) is 0 Å². The highest BCUT2D eigenvalue weighted by Crippen LogP contribution is 2.12. The topological polar surface area (TPSA) is 29.5 Å². The van der Waals surface area contributed by atoms with E-state index in [9.17, 15) is 9.18 Å². The predicted octanol–water partition coefficient (Wildman–Crippen LogP) is 2.80. The molecular formula is C14H20FNO2S. The molecule has 0 aliphatic heterocycles. The van der Waals surface area contributed by atoms with E-state index >= 15 is 0 Å². The van der Waals surface area contributed by atoms with E-state index in [0.717, 1.165) is 6.42 Å². The molecule has 0 N–H and O–H groups in total. The second-order valence-corrected chi connectivity index (χ2v) is 5.47. The van der Waals surface area contributed by atoms with Crippen molar-refractivity contribution in [2.24, 2.45) is 0 Å². The third-order valence-corrected chi connectivity index (χ3v) is 3.71. The molecule has 0 aliphatic carbocycles. The lowest BCUT2D eigenvalue weighted by molar-refractivity contribution is -0.129. The monoisotopic (exact) mass is 285 g/mol. The van der Waals surface area contributed by atoms with E-state index in [-0.39, 0.29) is 17.0 Å². The third kappa shape index (κ3) is 5.51. The largest absolute Gasteiger partial charge is 0.494 e. The van der Waals surface area contributed by atoms with Crippen LogP contribution in [0.15, 0.2) is 24.3 Å². The summed E-state index contributed by atoms with van der Waals surface area (Å²) in [6.07, 6.45) is 2.68. The molecule has 0 saturated carbocycles. The van der Waals surface area contributed by atoms with Gasteiger partial charge in [-0.3, -0.25) is 4.79 Å². The van der Waals surface area contributed by atoms with Crippen molar-refractivity contribution in [2.45, 2.75) is 18.6 Å². The maximum absolute atomic E-state index is 12.7. The van der Waals surface area contributed by atoms with Crippen molar-refractivity contribution in [1.82, 2.24) is 4.90 Å². The van der Waals surface area contributed by atoms with Gasteiger partial charge in [0, 0.05) is 13.6 Å². The van der Waals surface area contributed by atoms with Crippen molar-refractivity contribution in [3.63, 3.8) is 0 Å². The zero-order valence-corrected chi connectivity index (χ0v) is 12.4. The fourth-order valence-corrected chi connectivity index (χ4v) is 1.93. The average molecular weight is 285 g/mol. The molecule has 0 heterocycles. The maximum atomic E-state index is 12.7. The zero-order chi connectivity index (χ0) is 14.3. The summed E-state index contributed by atoms with van der Waals surface area (Å²) in [4.78, 5) is 13.5. The van der Waals surface area contributed by atoms with Gasteiger partial charge < -0.3 is 9.64 Å². The molecule has 0 radical (unpaired) electrons. The molecule has 0 saturated heterocycles. The van der Waals surface area contributed by atoms with Gasteiger partial charge in [0.1, 0.15) is 11.6 Å². The number of amides is 1. The molecule has 0 bridgehead atoms. The van der Waals surface area contributed by atoms with Gasteiger partial charge in [-0.15, -0.1) is 0 Å². The Morgan fingerprint density at radius 1 is 1.42 bits per heavy atom. The maximum Gasteiger partial charge on any atom is 0.235 e. The lowest BCUT2D eigenvalue weighted by atomic mass is 10.3. The first-order chi connectivity index (χ1) is 9.04. The molecule has 1 rings (SSSR count). The summed E-state index contributed by atoms with van der Waals surface area (Å²) in [6, 6.07) is 5.93. The van der Waals surface area contributed by atoms with Gasteiger partial charge in [-0.25, -0.2) is 4.39 Å². The van der Waals surface area contributed by atoms with Gasteiger partial charge in [0.05, 0.1) is 11.9 Å². The normalized spacial score (nSPS) is 12.0. The Labute approximate surface area is 118 Å². The van der Waals surface area contributed by atoms with Crippen LogP contribution in [-0.2, 0) is 4.79 Å². The Balaban J connectivity index is 2.23. The van der Waals surface area contributed by atoms with Crippen LogP contribution in [0.3, 0.4) is 0 Å². The number of hydrogen-bond acceptors (Lipinski definition) is 3. The smallest absolute Gasteiger partial charge is 0.235 e. The Kier molecular flexibility index (Phi) is 6.70. The van der Waals surface area contributed by atoms with E-state index in [0.29, 0.717) is 18.9 Å². The fourth-order valence-electron chi connectivity index (χ4n) is 1.54. The molecule has 1 aromatic carbocycles. The Morgan fingerprint density at radius 3 is 2.63 bits per heavy atom. The second kappa shape index (κ2) is 8.04. The molecule has 19 heavy (non-hydrogen) atoms. The summed E-state index contributed by atoms with van der Waals surface area (Å²) in [5.74, 6) is 0.505. The summed E-state index contributed by atoms with van der Waals surface area (Å²) < 4.78 is 18.1. The molecule has 106 valence electrons. The number of ether oxygens (including phenoxy) is 1. The summed E-state index contributed by atoms with van der Waals surface area (Å²) in [5.41, 5.74) is 0. The van der Waals surface area contributed by atoms with Crippen molar-refractivity contribution in [2.75, 3.05) is 26.5 Å². The van der Waals surface area contributed by atoms with E-state index in [1.165, 1.54) is 12.1 Å². The van der Waals surface area contributed by atoms with E-state index in [4.69, 9.17) is 4.74 Å². The van der Waals surface area contributed by atoms with E-state index < -0.39 is 0 Å². The fraction of sp³-hybridized carbons (Fsp3) is 0.500. The molecule has 0 aromatic heterocycles. The van der Waals surface area contributed by atoms with Crippen LogP contribution in [0.2, 0.25) is 0 Å². The number of hydrogen-bond donors (Lipinski definition) is 0. The van der Waals surface area contributed by atoms with Gasteiger partial charge >= 0.3 is 0 Å². The lowest BCUT2D eigenvalue weighted by Crippen LogP contribution is -2.34. The van der Waals surface area contributed by atoms with E-state index in [1.54, 1.807) is 35.8 Å². The van der Waals surface area contributed by atoms with Crippen LogP contribution in [0, 0.1) is 5.82 Å². The van der Waals surface area contributed by atoms with Gasteiger partial charge in [-0.05, 0) is 43.9 Å². The summed E-state index contributed by atoms with van der Waals surface area (Å²) in [5, 5.41) is -0.0111. The zero-order valence-electron chi connectivity index (χ0n) is 11.6. The highest BCUT2D eigenvalue weighted by molar-refractivity contribution is 7.99. The number of carbonyl (C=O) groups excluding carboxylic acids is 1. The van der Waals surface area contributed by atoms with Gasteiger partial charge in [-0.2, -0.15) is 11.8 Å². The van der Waals surface area contributed by atoms with Gasteiger partial charge in [0.25, 0.3) is 0 Å². The van der Waals surface area contributed by atoms with Crippen molar-refractivity contribution in [3.05, 3.63) is 30.1 Å². The minimum absolute atomic E-state index is 0.0111. The Morgan fingerprint density at radius 2 is 2.05 bits per heavy atom. The lowest BCUT2D eigenvalue weighted by Gasteiger charge is -2.20. The molecule has 0 spiro atoms. The standard InChI is InChI=1S/C14H20FNO2S/c1-11(19-3)14(17)16(2)9-4-10-18-13-7-5-12(15)6-8-13/h5-8,11H,4,9-10H2,1-3H3/t11-/m0/s1. The molecule has 1 atom stereocenters. The SMILES string of the molecule is CS[C@@H](C)C(=O)N(C)CCCOc1ccc(F)cc1.